The Morgan fingerprint density at radius 2 is 2.17 bits per heavy atom. The fourth-order valence-electron chi connectivity index (χ4n) is 2.75. The molecule has 1 saturated heterocycles. The average Bonchev–Trinajstić information content (AvgIpc) is 2.49. The molecule has 5 heteroatoms. The lowest BCUT2D eigenvalue weighted by Gasteiger charge is -2.42. The van der Waals surface area contributed by atoms with Crippen LogP contribution in [0.5, 0.6) is 0 Å². The van der Waals surface area contributed by atoms with E-state index in [1.807, 2.05) is 14.0 Å². The van der Waals surface area contributed by atoms with Crippen LogP contribution in [0.15, 0.2) is 0 Å². The minimum Gasteiger partial charge on any atom is -0.369 e. The number of morpholine rings is 1. The summed E-state index contributed by atoms with van der Waals surface area (Å²) < 4.78 is 7.68. The molecule has 98 valence electrons. The molecule has 0 bridgehead atoms. The number of rotatable bonds is 1. The van der Waals surface area contributed by atoms with Gasteiger partial charge in [0.25, 0.3) is 0 Å². The predicted molar refractivity (Wildman–Crippen MR) is 69.5 cm³/mol. The van der Waals surface area contributed by atoms with Gasteiger partial charge in [-0.05, 0) is 27.7 Å². The van der Waals surface area contributed by atoms with E-state index in [4.69, 9.17) is 4.74 Å². The van der Waals surface area contributed by atoms with Crippen LogP contribution < -0.4 is 4.90 Å². The first-order chi connectivity index (χ1) is 8.34. The van der Waals surface area contributed by atoms with Crippen LogP contribution in [0.25, 0.3) is 0 Å². The van der Waals surface area contributed by atoms with Gasteiger partial charge >= 0.3 is 0 Å². The van der Waals surface area contributed by atoms with Crippen LogP contribution in [0, 0.1) is 18.3 Å². The zero-order chi connectivity index (χ0) is 13.5. The molecule has 1 atom stereocenters. The number of ether oxygens (including phenoxy) is 1. The third kappa shape index (κ3) is 2.21. The second-order valence-corrected chi connectivity index (χ2v) is 5.59. The van der Waals surface area contributed by atoms with E-state index in [9.17, 15) is 5.26 Å². The van der Waals surface area contributed by atoms with Crippen LogP contribution in [-0.4, -0.2) is 34.6 Å². The zero-order valence-corrected chi connectivity index (χ0v) is 11.7. The first kappa shape index (κ1) is 12.9. The van der Waals surface area contributed by atoms with Gasteiger partial charge in [-0.3, -0.25) is 4.68 Å². The minimum atomic E-state index is -0.206. The largest absolute Gasteiger partial charge is 0.369 e. The number of aryl methyl sites for hydroxylation is 2. The molecule has 1 aliphatic heterocycles. The lowest BCUT2D eigenvalue weighted by atomic mass is 10.0. The molecule has 1 aromatic heterocycles. The summed E-state index contributed by atoms with van der Waals surface area (Å²) >= 11 is 0. The summed E-state index contributed by atoms with van der Waals surface area (Å²) in [7, 11) is 1.89. The summed E-state index contributed by atoms with van der Waals surface area (Å²) in [6, 6.07) is 2.26. The Bertz CT molecular complexity index is 498. The Hall–Kier alpha value is -1.54. The molecule has 1 aliphatic rings. The summed E-state index contributed by atoms with van der Waals surface area (Å²) in [6.07, 6.45) is 0.149. The highest BCUT2D eigenvalue weighted by Crippen LogP contribution is 2.29. The van der Waals surface area contributed by atoms with Gasteiger partial charge in [-0.1, -0.05) is 0 Å². The number of anilines is 1. The molecular weight excluding hydrogens is 228 g/mol. The molecule has 1 fully saturated rings. The van der Waals surface area contributed by atoms with E-state index in [-0.39, 0.29) is 11.7 Å². The van der Waals surface area contributed by atoms with Gasteiger partial charge in [-0.15, -0.1) is 0 Å². The van der Waals surface area contributed by atoms with E-state index in [1.54, 1.807) is 4.68 Å². The lowest BCUT2D eigenvalue weighted by Crippen LogP contribution is -2.52. The number of nitriles is 1. The molecule has 0 aromatic carbocycles. The van der Waals surface area contributed by atoms with Crippen molar-refractivity contribution in [2.75, 3.05) is 18.0 Å². The number of aromatic nitrogens is 2. The number of hydrogen-bond donors (Lipinski definition) is 0. The maximum atomic E-state index is 9.28. The molecule has 1 unspecified atom stereocenters. The van der Waals surface area contributed by atoms with Gasteiger partial charge in [0.05, 0.1) is 17.4 Å². The van der Waals surface area contributed by atoms with Gasteiger partial charge in [0.15, 0.2) is 0 Å². The van der Waals surface area contributed by atoms with Crippen LogP contribution >= 0.6 is 0 Å². The molecule has 0 radical (unpaired) electrons. The predicted octanol–water partition coefficient (Wildman–Crippen LogP) is 1.60. The Morgan fingerprint density at radius 3 is 2.72 bits per heavy atom. The van der Waals surface area contributed by atoms with Crippen LogP contribution in [0.1, 0.15) is 32.0 Å². The Balaban J connectivity index is 2.40. The zero-order valence-electron chi connectivity index (χ0n) is 11.7. The highest BCUT2D eigenvalue weighted by Gasteiger charge is 2.34. The molecule has 0 aliphatic carbocycles. The summed E-state index contributed by atoms with van der Waals surface area (Å²) in [5.41, 5.74) is 1.25. The average molecular weight is 248 g/mol. The molecule has 0 spiro atoms. The van der Waals surface area contributed by atoms with Crippen molar-refractivity contribution < 1.29 is 4.74 Å². The van der Waals surface area contributed by atoms with Gasteiger partial charge < -0.3 is 9.64 Å². The van der Waals surface area contributed by atoms with E-state index in [0.717, 1.165) is 24.6 Å². The Labute approximate surface area is 108 Å². The van der Waals surface area contributed by atoms with E-state index >= 15 is 0 Å². The van der Waals surface area contributed by atoms with Crippen LogP contribution in [0.2, 0.25) is 0 Å². The normalized spacial score (nSPS) is 22.9. The summed E-state index contributed by atoms with van der Waals surface area (Å²) in [5.74, 6) is 0.901. The smallest absolute Gasteiger partial charge is 0.145 e. The minimum absolute atomic E-state index is 0.149. The molecular formula is C13H20N4O. The SMILES string of the molecule is Cc1nn(C)c(N2CC(C)OC(C)(C)C2)c1C#N. The maximum absolute atomic E-state index is 9.28. The van der Waals surface area contributed by atoms with Crippen molar-refractivity contribution in [2.45, 2.75) is 39.4 Å². The topological polar surface area (TPSA) is 54.1 Å². The maximum Gasteiger partial charge on any atom is 0.145 e. The molecule has 1 aromatic rings. The van der Waals surface area contributed by atoms with Crippen LogP contribution in [0.4, 0.5) is 5.82 Å². The molecule has 2 rings (SSSR count). The van der Waals surface area contributed by atoms with Crippen molar-refractivity contribution in [3.8, 4) is 6.07 Å². The molecule has 0 amide bonds. The van der Waals surface area contributed by atoms with E-state index in [0.29, 0.717) is 5.56 Å². The van der Waals surface area contributed by atoms with E-state index in [1.165, 1.54) is 0 Å². The summed E-state index contributed by atoms with van der Waals surface area (Å²) in [6.45, 7) is 9.64. The second kappa shape index (κ2) is 4.29. The van der Waals surface area contributed by atoms with Gasteiger partial charge in [0.2, 0.25) is 0 Å². The van der Waals surface area contributed by atoms with E-state index in [2.05, 4.69) is 36.8 Å². The van der Waals surface area contributed by atoms with Gasteiger partial charge in [-0.2, -0.15) is 10.4 Å². The summed E-state index contributed by atoms with van der Waals surface area (Å²) in [5, 5.41) is 13.6. The quantitative estimate of drug-likeness (QED) is 0.757. The van der Waals surface area contributed by atoms with Crippen molar-refractivity contribution in [1.82, 2.24) is 9.78 Å². The molecule has 0 N–H and O–H groups in total. The van der Waals surface area contributed by atoms with Gasteiger partial charge in [0, 0.05) is 20.1 Å². The highest BCUT2D eigenvalue weighted by molar-refractivity contribution is 5.57. The molecule has 0 saturated carbocycles. The first-order valence-electron chi connectivity index (χ1n) is 6.20. The highest BCUT2D eigenvalue weighted by atomic mass is 16.5. The first-order valence-corrected chi connectivity index (χ1v) is 6.20. The van der Waals surface area contributed by atoms with Gasteiger partial charge in [0.1, 0.15) is 17.5 Å². The van der Waals surface area contributed by atoms with Crippen molar-refractivity contribution in [1.29, 1.82) is 5.26 Å². The van der Waals surface area contributed by atoms with Crippen LogP contribution in [-0.2, 0) is 11.8 Å². The third-order valence-corrected chi connectivity index (χ3v) is 3.17. The van der Waals surface area contributed by atoms with Crippen molar-refractivity contribution in [2.24, 2.45) is 7.05 Å². The monoisotopic (exact) mass is 248 g/mol. The molecule has 5 nitrogen and oxygen atoms in total. The van der Waals surface area contributed by atoms with E-state index < -0.39 is 0 Å². The van der Waals surface area contributed by atoms with Crippen molar-refractivity contribution in [3.05, 3.63) is 11.3 Å². The number of hydrogen-bond acceptors (Lipinski definition) is 4. The Morgan fingerprint density at radius 1 is 1.50 bits per heavy atom. The van der Waals surface area contributed by atoms with Crippen LogP contribution in [0.3, 0.4) is 0 Å². The van der Waals surface area contributed by atoms with Crippen molar-refractivity contribution >= 4 is 5.82 Å². The third-order valence-electron chi connectivity index (χ3n) is 3.17. The van der Waals surface area contributed by atoms with Crippen molar-refractivity contribution in [3.63, 3.8) is 0 Å². The lowest BCUT2D eigenvalue weighted by molar-refractivity contribution is -0.0753. The number of nitrogens with zero attached hydrogens (tertiary/aromatic N) is 4. The Kier molecular flexibility index (Phi) is 3.07. The molecule has 18 heavy (non-hydrogen) atoms. The molecule has 2 heterocycles. The van der Waals surface area contributed by atoms with Gasteiger partial charge in [-0.25, -0.2) is 0 Å². The summed E-state index contributed by atoms with van der Waals surface area (Å²) in [4.78, 5) is 2.20. The standard InChI is InChI=1S/C13H20N4O/c1-9-7-17(8-13(3,4)18-9)12-11(6-14)10(2)15-16(12)5/h9H,7-8H2,1-5H3. The second-order valence-electron chi connectivity index (χ2n) is 5.59. The fourth-order valence-corrected chi connectivity index (χ4v) is 2.75. The fraction of sp³-hybridized carbons (Fsp3) is 0.692.